The van der Waals surface area contributed by atoms with E-state index in [0.717, 1.165) is 51.4 Å². The zero-order valence-electron chi connectivity index (χ0n) is 36.9. The largest absolute Gasteiger partial charge is 0.472 e. The third kappa shape index (κ3) is 31.5. The van der Waals surface area contributed by atoms with Crippen LogP contribution in [0.3, 0.4) is 0 Å². The van der Waals surface area contributed by atoms with E-state index in [2.05, 4.69) is 59.4 Å². The number of ether oxygens (including phenoxy) is 2. The first-order chi connectivity index (χ1) is 29.6. The number of Topliss-reactive ketones (excluding diaryl/α,β-unsaturated/α-hetero) is 1. The van der Waals surface area contributed by atoms with Crippen LogP contribution in [-0.2, 0) is 46.6 Å². The summed E-state index contributed by atoms with van der Waals surface area (Å²) < 4.78 is 47.7. The van der Waals surface area contributed by atoms with E-state index in [9.17, 15) is 43.7 Å². The zero-order chi connectivity index (χ0) is 46.1. The maximum atomic E-state index is 12.8. The SMILES string of the molecule is CCCCC/C=C\C/C=C\C/C=C\CCCCC(=O)OC[C@H](COP(=O)(O)OC[C@@H](O)COP(=O)(O)O)OC(=O)CCCCCC[C@H]1C(=O)C[C@@H](O)[C@@H]1/C=C/[C@@H](O)CCCCC. The van der Waals surface area contributed by atoms with Gasteiger partial charge in [-0.25, -0.2) is 9.13 Å². The molecule has 1 saturated carbocycles. The second-order valence-corrected chi connectivity index (χ2v) is 18.4. The van der Waals surface area contributed by atoms with E-state index in [1.165, 1.54) is 19.3 Å². The predicted molar refractivity (Wildman–Crippen MR) is 235 cm³/mol. The van der Waals surface area contributed by atoms with Gasteiger partial charge in [-0.1, -0.05) is 114 Å². The van der Waals surface area contributed by atoms with Crippen LogP contribution >= 0.6 is 15.6 Å². The molecule has 358 valence electrons. The lowest BCUT2D eigenvalue weighted by atomic mass is 9.88. The second kappa shape index (κ2) is 35.0. The molecule has 1 aliphatic carbocycles. The Kier molecular flexibility index (Phi) is 32.6. The number of unbranched alkanes of at least 4 members (excludes halogenated alkanes) is 10. The van der Waals surface area contributed by atoms with Crippen LogP contribution in [0.15, 0.2) is 48.6 Å². The summed E-state index contributed by atoms with van der Waals surface area (Å²) in [6, 6.07) is 0. The number of allylic oxidation sites excluding steroid dienone is 6. The first-order valence-corrected chi connectivity index (χ1v) is 25.5. The number of carbonyl (C=O) groups is 3. The Morgan fingerprint density at radius 3 is 1.94 bits per heavy atom. The minimum Gasteiger partial charge on any atom is -0.462 e. The molecule has 1 aliphatic rings. The van der Waals surface area contributed by atoms with Gasteiger partial charge < -0.3 is 39.5 Å². The fourth-order valence-electron chi connectivity index (χ4n) is 6.60. The van der Waals surface area contributed by atoms with Crippen molar-refractivity contribution < 1.29 is 76.6 Å². The molecule has 1 fully saturated rings. The molecule has 6 N–H and O–H groups in total. The normalized spacial score (nSPS) is 19.8. The molecular formula is C44H76O16P2. The minimum absolute atomic E-state index is 0.00347. The highest BCUT2D eigenvalue weighted by molar-refractivity contribution is 7.47. The van der Waals surface area contributed by atoms with Crippen LogP contribution in [0.25, 0.3) is 0 Å². The lowest BCUT2D eigenvalue weighted by molar-refractivity contribution is -0.161. The van der Waals surface area contributed by atoms with Gasteiger partial charge in [0.05, 0.1) is 32.0 Å². The fraction of sp³-hybridized carbons (Fsp3) is 0.750. The van der Waals surface area contributed by atoms with Crippen molar-refractivity contribution >= 4 is 33.4 Å². The molecule has 16 nitrogen and oxygen atoms in total. The summed E-state index contributed by atoms with van der Waals surface area (Å²) in [6.45, 7) is 1.30. The molecule has 0 aromatic carbocycles. The van der Waals surface area contributed by atoms with Crippen molar-refractivity contribution in [2.45, 2.75) is 173 Å². The predicted octanol–water partition coefficient (Wildman–Crippen LogP) is 8.04. The van der Waals surface area contributed by atoms with Crippen molar-refractivity contribution in [3.63, 3.8) is 0 Å². The van der Waals surface area contributed by atoms with Crippen LogP contribution in [0.1, 0.15) is 149 Å². The maximum Gasteiger partial charge on any atom is 0.472 e. The van der Waals surface area contributed by atoms with Crippen LogP contribution in [0, 0.1) is 11.8 Å². The number of hydrogen-bond acceptors (Lipinski definition) is 13. The van der Waals surface area contributed by atoms with Crippen LogP contribution in [-0.4, -0.2) is 98.6 Å². The van der Waals surface area contributed by atoms with Crippen LogP contribution in [0.5, 0.6) is 0 Å². The van der Waals surface area contributed by atoms with Crippen molar-refractivity contribution in [1.82, 2.24) is 0 Å². The highest BCUT2D eigenvalue weighted by Gasteiger charge is 2.39. The van der Waals surface area contributed by atoms with E-state index in [0.29, 0.717) is 44.9 Å². The first kappa shape index (κ1) is 57.7. The zero-order valence-corrected chi connectivity index (χ0v) is 38.7. The first-order valence-electron chi connectivity index (χ1n) is 22.4. The van der Waals surface area contributed by atoms with E-state index >= 15 is 0 Å². The monoisotopic (exact) mass is 922 g/mol. The van der Waals surface area contributed by atoms with Crippen molar-refractivity contribution in [3.8, 4) is 0 Å². The molecular weight excluding hydrogens is 846 g/mol. The molecule has 0 saturated heterocycles. The Balaban J connectivity index is 2.58. The van der Waals surface area contributed by atoms with E-state index in [4.69, 9.17) is 23.8 Å². The summed E-state index contributed by atoms with van der Waals surface area (Å²) in [5.74, 6) is -1.93. The van der Waals surface area contributed by atoms with Gasteiger partial charge in [-0.15, -0.1) is 0 Å². The Morgan fingerprint density at radius 1 is 0.710 bits per heavy atom. The molecule has 1 rings (SSSR count). The molecule has 0 heterocycles. The van der Waals surface area contributed by atoms with Crippen molar-refractivity contribution in [3.05, 3.63) is 48.6 Å². The number of rotatable bonds is 38. The summed E-state index contributed by atoms with van der Waals surface area (Å²) in [5.41, 5.74) is 0. The van der Waals surface area contributed by atoms with Gasteiger partial charge in [0.15, 0.2) is 6.10 Å². The van der Waals surface area contributed by atoms with E-state index in [1.807, 2.05) is 0 Å². The van der Waals surface area contributed by atoms with E-state index < -0.39 is 78.4 Å². The van der Waals surface area contributed by atoms with Crippen LogP contribution in [0.4, 0.5) is 0 Å². The van der Waals surface area contributed by atoms with Gasteiger partial charge in [0.25, 0.3) is 0 Å². The molecule has 0 bridgehead atoms. The minimum atomic E-state index is -4.90. The summed E-state index contributed by atoms with van der Waals surface area (Å²) in [4.78, 5) is 65.5. The standard InChI is InChI=1S/C44H76O16P2/c1-3-5-7-8-9-10-11-12-13-14-15-16-17-18-23-27-43(49)56-34-38(35-59-62(54,55)58-33-37(46)32-57-61(51,52)53)60-44(50)28-24-20-19-22-26-39-40(42(48)31-41(39)47)30-29-36(45)25-21-6-4-2/h9-10,12-13,15-16,29-30,36-40,42,45-46,48H,3-8,11,14,17-28,31-35H2,1-2H3,(H,54,55)(H2,51,52,53)/b10-9-,13-12-,16-15-,30-29+/t36-,37-,38+,39+,40+,42+/m0/s1. The molecule has 0 radical (unpaired) electrons. The highest BCUT2D eigenvalue weighted by atomic mass is 31.2. The molecule has 0 spiro atoms. The van der Waals surface area contributed by atoms with Crippen LogP contribution in [0.2, 0.25) is 0 Å². The Morgan fingerprint density at radius 2 is 1.27 bits per heavy atom. The van der Waals surface area contributed by atoms with E-state index in [-0.39, 0.29) is 36.9 Å². The van der Waals surface area contributed by atoms with Gasteiger partial charge in [-0.05, 0) is 64.2 Å². The summed E-state index contributed by atoms with van der Waals surface area (Å²) in [5, 5.41) is 30.5. The van der Waals surface area contributed by atoms with Gasteiger partial charge in [0.2, 0.25) is 0 Å². The number of aliphatic hydroxyl groups is 3. The Bertz CT molecular complexity index is 1440. The fourth-order valence-corrected chi connectivity index (χ4v) is 7.76. The Labute approximate surface area is 369 Å². The number of esters is 2. The third-order valence-electron chi connectivity index (χ3n) is 10.1. The van der Waals surface area contributed by atoms with Crippen molar-refractivity contribution in [1.29, 1.82) is 0 Å². The molecule has 0 aromatic heterocycles. The number of hydrogen-bond donors (Lipinski definition) is 6. The molecule has 0 aromatic rings. The maximum absolute atomic E-state index is 12.8. The van der Waals surface area contributed by atoms with Crippen LogP contribution < -0.4 is 0 Å². The number of phosphoric ester groups is 2. The van der Waals surface area contributed by atoms with Gasteiger partial charge in [0, 0.05) is 31.1 Å². The summed E-state index contributed by atoms with van der Waals surface area (Å²) >= 11 is 0. The number of ketones is 1. The second-order valence-electron chi connectivity index (χ2n) is 15.7. The van der Waals surface area contributed by atoms with Gasteiger partial charge in [-0.2, -0.15) is 0 Å². The molecule has 62 heavy (non-hydrogen) atoms. The molecule has 1 unspecified atom stereocenters. The molecule has 18 heteroatoms. The summed E-state index contributed by atoms with van der Waals surface area (Å²) in [7, 11) is -9.79. The Hall–Kier alpha value is -2.33. The lowest BCUT2D eigenvalue weighted by Gasteiger charge is -2.20. The number of phosphoric acid groups is 2. The average Bonchev–Trinajstić information content (AvgIpc) is 3.49. The average molecular weight is 923 g/mol. The molecule has 0 aliphatic heterocycles. The van der Waals surface area contributed by atoms with Gasteiger partial charge in [0.1, 0.15) is 18.5 Å². The number of carbonyl (C=O) groups excluding carboxylic acids is 3. The summed E-state index contributed by atoms with van der Waals surface area (Å²) in [6.07, 6.45) is 27.2. The third-order valence-corrected chi connectivity index (χ3v) is 11.5. The highest BCUT2D eigenvalue weighted by Crippen LogP contribution is 2.44. The van der Waals surface area contributed by atoms with Crippen molar-refractivity contribution in [2.24, 2.45) is 11.8 Å². The molecule has 7 atom stereocenters. The topological polar surface area (TPSA) is 253 Å². The number of aliphatic hydroxyl groups excluding tert-OH is 3. The molecule has 0 amide bonds. The quantitative estimate of drug-likeness (QED) is 0.0148. The van der Waals surface area contributed by atoms with Gasteiger partial charge in [-0.3, -0.25) is 28.0 Å². The van der Waals surface area contributed by atoms with Gasteiger partial charge >= 0.3 is 27.6 Å². The smallest absolute Gasteiger partial charge is 0.462 e. The van der Waals surface area contributed by atoms with E-state index in [1.54, 1.807) is 12.2 Å². The van der Waals surface area contributed by atoms with Crippen molar-refractivity contribution in [2.75, 3.05) is 26.4 Å². The lowest BCUT2D eigenvalue weighted by Crippen LogP contribution is -2.30.